The number of halogens is 3. The van der Waals surface area contributed by atoms with Crippen LogP contribution in [0.2, 0.25) is 0 Å². The number of aryl methyl sites for hydroxylation is 2. The molecule has 0 unspecified atom stereocenters. The maximum atomic E-state index is 13.9. The van der Waals surface area contributed by atoms with Gasteiger partial charge in [0.2, 0.25) is 0 Å². The van der Waals surface area contributed by atoms with Crippen LogP contribution in [0.3, 0.4) is 0 Å². The van der Waals surface area contributed by atoms with Crippen molar-refractivity contribution in [1.29, 1.82) is 0 Å². The van der Waals surface area contributed by atoms with E-state index in [1.165, 1.54) is 34.9 Å². The summed E-state index contributed by atoms with van der Waals surface area (Å²) >= 11 is 0. The molecular weight excluding hydrogens is 860 g/mol. The third kappa shape index (κ3) is 8.48. The van der Waals surface area contributed by atoms with E-state index in [0.717, 1.165) is 52.8 Å². The van der Waals surface area contributed by atoms with Crippen LogP contribution < -0.4 is 0 Å². The summed E-state index contributed by atoms with van der Waals surface area (Å²) in [7, 11) is 0. The molecule has 0 aliphatic rings. The minimum Gasteiger partial charge on any atom is -0.512 e. The Morgan fingerprint density at radius 2 is 1.35 bits per heavy atom. The smallest absolute Gasteiger partial charge is 0.403 e. The Hall–Kier alpha value is -4.32. The number of aliphatic hydroxyl groups is 1. The molecule has 0 spiro atoms. The van der Waals surface area contributed by atoms with Crippen molar-refractivity contribution in [3.63, 3.8) is 0 Å². The zero-order valence-electron chi connectivity index (χ0n) is 32.3. The zero-order chi connectivity index (χ0) is 38.7. The number of hydrogen-bond acceptors (Lipinski definition) is 3. The van der Waals surface area contributed by atoms with Gasteiger partial charge in [-0.3, -0.25) is 9.78 Å². The van der Waals surface area contributed by atoms with E-state index in [-0.39, 0.29) is 47.9 Å². The third-order valence-corrected chi connectivity index (χ3v) is 11.5. The van der Waals surface area contributed by atoms with Gasteiger partial charge in [0.15, 0.2) is 5.78 Å². The van der Waals surface area contributed by atoms with Crippen LogP contribution >= 0.6 is 0 Å². The summed E-state index contributed by atoms with van der Waals surface area (Å²) in [5.74, 6) is 0.286. The first kappa shape index (κ1) is 42.4. The summed E-state index contributed by atoms with van der Waals surface area (Å²) in [6, 6.07) is 29.4. The molecule has 54 heavy (non-hydrogen) atoms. The summed E-state index contributed by atoms with van der Waals surface area (Å²) in [6.45, 7) is 16.3. The number of carbonyl (C=O) groups excluding carboxylic acids is 1. The van der Waals surface area contributed by atoms with E-state index in [2.05, 4.69) is 61.3 Å². The van der Waals surface area contributed by atoms with Crippen LogP contribution in [0.5, 0.6) is 0 Å². The van der Waals surface area contributed by atoms with Crippen LogP contribution in [0.25, 0.3) is 54.7 Å². The molecule has 6 aromatic rings. The summed E-state index contributed by atoms with van der Waals surface area (Å²) in [6.07, 6.45) is 1.93. The Bertz CT molecular complexity index is 2300. The van der Waals surface area contributed by atoms with E-state index in [1.54, 1.807) is 24.4 Å². The molecule has 0 fully saturated rings. The normalized spacial score (nSPS) is 12.4. The van der Waals surface area contributed by atoms with E-state index >= 15 is 0 Å². The van der Waals surface area contributed by atoms with Crippen molar-refractivity contribution in [2.45, 2.75) is 87.2 Å². The van der Waals surface area contributed by atoms with Gasteiger partial charge in [-0.15, -0.1) is 23.6 Å². The molecule has 0 saturated carbocycles. The van der Waals surface area contributed by atoms with E-state index < -0.39 is 11.7 Å². The van der Waals surface area contributed by atoms with Gasteiger partial charge < -0.3 is 5.11 Å². The van der Waals surface area contributed by atoms with Gasteiger partial charge in [-0.25, -0.2) is 0 Å². The molecule has 0 aliphatic carbocycles. The maximum absolute atomic E-state index is 13.9. The standard InChI is InChI=1S/C32H21F3N.C15H28O2.Ir/c1-19-6-5-7-20(2)30(19)23-11-12-25-22(16-23)10-13-28-27(25)14-15-36-31(28)24-17-21-8-3-4-9-26(21)29(18-24)32(33,34)35;1-7-14(5,8-2)12(16)11-13(17)15(6,9-3)10-4;/h3-16,18H,1-2H3;11,16H,7-10H2,1-6H3;/q-1;;/b;12-11-;. The molecular formula is C47H49F3IrNO2-. The van der Waals surface area contributed by atoms with E-state index in [1.807, 2.05) is 59.7 Å². The molecule has 7 heteroatoms. The van der Waals surface area contributed by atoms with Crippen molar-refractivity contribution >= 4 is 38.1 Å². The largest absolute Gasteiger partial charge is 0.512 e. The Kier molecular flexibility index (Phi) is 13.4. The molecule has 0 bridgehead atoms. The summed E-state index contributed by atoms with van der Waals surface area (Å²) in [4.78, 5) is 16.7. The van der Waals surface area contributed by atoms with Crippen LogP contribution in [0.15, 0.2) is 103 Å². The van der Waals surface area contributed by atoms with Crippen molar-refractivity contribution < 1.29 is 43.2 Å². The monoisotopic (exact) mass is 909 g/mol. The predicted octanol–water partition coefficient (Wildman–Crippen LogP) is 14.0. The molecule has 1 aromatic heterocycles. The maximum Gasteiger partial charge on any atom is 0.403 e. The molecule has 1 radical (unpaired) electrons. The fourth-order valence-corrected chi connectivity index (χ4v) is 6.91. The van der Waals surface area contributed by atoms with Crippen LogP contribution in [0.4, 0.5) is 13.2 Å². The molecule has 6 rings (SSSR count). The predicted molar refractivity (Wildman–Crippen MR) is 214 cm³/mol. The molecule has 3 nitrogen and oxygen atoms in total. The number of nitrogens with zero attached hydrogens (tertiary/aromatic N) is 1. The minimum atomic E-state index is -4.48. The number of hydrogen-bond donors (Lipinski definition) is 1. The molecule has 0 saturated heterocycles. The van der Waals surface area contributed by atoms with Gasteiger partial charge in [0.25, 0.3) is 0 Å². The second-order valence-corrected chi connectivity index (χ2v) is 14.6. The summed E-state index contributed by atoms with van der Waals surface area (Å²) < 4.78 is 41.8. The second kappa shape index (κ2) is 17.0. The molecule has 1 N–H and O–H groups in total. The average molecular weight is 909 g/mol. The Morgan fingerprint density at radius 3 is 1.96 bits per heavy atom. The zero-order valence-corrected chi connectivity index (χ0v) is 34.7. The third-order valence-electron chi connectivity index (χ3n) is 11.5. The summed E-state index contributed by atoms with van der Waals surface area (Å²) in [5.41, 5.74) is 4.34. The number of carbonyl (C=O) groups is 1. The molecule has 285 valence electrons. The number of aromatic nitrogens is 1. The number of rotatable bonds is 9. The van der Waals surface area contributed by atoms with Gasteiger partial charge in [-0.05, 0) is 101 Å². The number of benzene rings is 5. The van der Waals surface area contributed by atoms with Gasteiger partial charge in [0.1, 0.15) is 5.76 Å². The Balaban J connectivity index is 0.000000309. The Morgan fingerprint density at radius 1 is 0.741 bits per heavy atom. The number of ketones is 1. The topological polar surface area (TPSA) is 50.2 Å². The van der Waals surface area contributed by atoms with Gasteiger partial charge >= 0.3 is 6.18 Å². The van der Waals surface area contributed by atoms with Crippen LogP contribution in [-0.4, -0.2) is 15.9 Å². The quantitative estimate of drug-likeness (QED) is 0.0681. The number of fused-ring (bicyclic) bond motifs is 4. The van der Waals surface area contributed by atoms with E-state index in [4.69, 9.17) is 0 Å². The van der Waals surface area contributed by atoms with E-state index in [9.17, 15) is 23.1 Å². The van der Waals surface area contributed by atoms with Crippen LogP contribution in [0, 0.1) is 30.7 Å². The van der Waals surface area contributed by atoms with Gasteiger partial charge in [0, 0.05) is 48.9 Å². The van der Waals surface area contributed by atoms with Crippen molar-refractivity contribution in [2.24, 2.45) is 10.8 Å². The minimum absolute atomic E-state index is 0. The SMILES string of the molecule is CCC(C)(CC)C(=O)/C=C(\O)C(C)(CC)CC.Cc1cccc(C)c1-c1ccc2c(ccc3c(-c4[c-]c5ccccc5c(C(F)(F)F)c4)nccc32)c1.[Ir]. The molecule has 0 amide bonds. The van der Waals surface area contributed by atoms with Crippen LogP contribution in [-0.2, 0) is 31.1 Å². The van der Waals surface area contributed by atoms with Gasteiger partial charge in [-0.2, -0.15) is 13.2 Å². The number of pyridine rings is 1. The molecule has 0 atom stereocenters. The van der Waals surface area contributed by atoms with Crippen molar-refractivity contribution in [3.8, 4) is 22.4 Å². The van der Waals surface area contributed by atoms with Gasteiger partial charge in [-0.1, -0.05) is 113 Å². The number of aliphatic hydroxyl groups excluding tert-OH is 1. The Labute approximate surface area is 331 Å². The second-order valence-electron chi connectivity index (χ2n) is 14.6. The average Bonchev–Trinajstić information content (AvgIpc) is 3.16. The fourth-order valence-electron chi connectivity index (χ4n) is 6.91. The molecule has 1 heterocycles. The molecule has 5 aromatic carbocycles. The van der Waals surface area contributed by atoms with Crippen LogP contribution in [0.1, 0.15) is 83.9 Å². The molecule has 0 aliphatic heterocycles. The van der Waals surface area contributed by atoms with Crippen molar-refractivity contribution in [3.05, 3.63) is 126 Å². The number of allylic oxidation sites excluding steroid dienone is 2. The summed E-state index contributed by atoms with van der Waals surface area (Å²) in [5, 5.41) is 14.5. The van der Waals surface area contributed by atoms with Gasteiger partial charge in [0.05, 0.1) is 0 Å². The fraction of sp³-hybridized carbons (Fsp3) is 0.319. The first-order valence-electron chi connectivity index (χ1n) is 18.5. The van der Waals surface area contributed by atoms with Crippen molar-refractivity contribution in [1.82, 2.24) is 4.98 Å². The van der Waals surface area contributed by atoms with E-state index in [0.29, 0.717) is 16.6 Å². The first-order valence-corrected chi connectivity index (χ1v) is 18.5. The number of alkyl halides is 3. The first-order chi connectivity index (χ1) is 25.1. The van der Waals surface area contributed by atoms with Crippen molar-refractivity contribution in [2.75, 3.05) is 0 Å².